The van der Waals surface area contributed by atoms with E-state index in [1.165, 1.54) is 6.20 Å². The molecule has 0 aliphatic heterocycles. The number of hydrogen-bond acceptors (Lipinski definition) is 5. The van der Waals surface area contributed by atoms with Gasteiger partial charge in [-0.2, -0.15) is 0 Å². The molecular weight excluding hydrogens is 248 g/mol. The number of carbonyl (C=O) groups excluding carboxylic acids is 1. The Labute approximate surface area is 105 Å². The van der Waals surface area contributed by atoms with E-state index in [1.807, 2.05) is 0 Å². The molecule has 16 heavy (non-hydrogen) atoms. The molecule has 0 fully saturated rings. The van der Waals surface area contributed by atoms with Crippen molar-refractivity contribution in [3.63, 3.8) is 0 Å². The van der Waals surface area contributed by atoms with Crippen LogP contribution >= 0.6 is 23.9 Å². The third-order valence-electron chi connectivity index (χ3n) is 2.11. The Bertz CT molecular complexity index is 294. The molecule has 1 rings (SSSR count). The van der Waals surface area contributed by atoms with Gasteiger partial charge < -0.3 is 11.1 Å². The van der Waals surface area contributed by atoms with E-state index in [9.17, 15) is 4.79 Å². The smallest absolute Gasteiger partial charge is 0.264 e. The first-order valence-corrected chi connectivity index (χ1v) is 5.83. The van der Waals surface area contributed by atoms with E-state index in [2.05, 4.69) is 21.8 Å². The number of amides is 1. The van der Waals surface area contributed by atoms with E-state index in [-0.39, 0.29) is 24.4 Å². The highest BCUT2D eigenvalue weighted by atomic mass is 35.5. The number of aromatic nitrogens is 2. The van der Waals surface area contributed by atoms with Gasteiger partial charge in [-0.1, -0.05) is 24.3 Å². The fourth-order valence-corrected chi connectivity index (χ4v) is 1.64. The second-order valence-corrected chi connectivity index (χ2v) is 4.12. The van der Waals surface area contributed by atoms with Crippen molar-refractivity contribution in [2.45, 2.75) is 32.2 Å². The first-order valence-electron chi connectivity index (χ1n) is 5.06. The van der Waals surface area contributed by atoms with Gasteiger partial charge in [0.1, 0.15) is 4.88 Å². The van der Waals surface area contributed by atoms with Crippen molar-refractivity contribution in [1.29, 1.82) is 0 Å². The van der Waals surface area contributed by atoms with Crippen LogP contribution in [0.15, 0.2) is 6.20 Å². The quantitative estimate of drug-likeness (QED) is 0.809. The monoisotopic (exact) mass is 264 g/mol. The molecule has 0 aliphatic rings. The number of halogens is 1. The maximum atomic E-state index is 11.6. The van der Waals surface area contributed by atoms with Gasteiger partial charge in [0.25, 0.3) is 5.91 Å². The average molecular weight is 265 g/mol. The summed E-state index contributed by atoms with van der Waals surface area (Å²) >= 11 is 1.09. The van der Waals surface area contributed by atoms with Crippen molar-refractivity contribution in [1.82, 2.24) is 14.9 Å². The Hall–Kier alpha value is -0.720. The van der Waals surface area contributed by atoms with Crippen molar-refractivity contribution in [2.24, 2.45) is 5.73 Å². The minimum Gasteiger partial charge on any atom is -0.347 e. The van der Waals surface area contributed by atoms with Gasteiger partial charge in [-0.3, -0.25) is 4.79 Å². The SMILES string of the molecule is CCCCC(CN)NC(=O)c1cnns1.Cl. The minimum absolute atomic E-state index is 0. The second kappa shape index (κ2) is 8.43. The van der Waals surface area contributed by atoms with Crippen molar-refractivity contribution >= 4 is 29.8 Å². The van der Waals surface area contributed by atoms with Gasteiger partial charge in [-0.15, -0.1) is 17.5 Å². The molecule has 0 radical (unpaired) electrons. The van der Waals surface area contributed by atoms with E-state index < -0.39 is 0 Å². The molecule has 92 valence electrons. The van der Waals surface area contributed by atoms with Gasteiger partial charge in [0.15, 0.2) is 0 Å². The summed E-state index contributed by atoms with van der Waals surface area (Å²) < 4.78 is 3.64. The van der Waals surface area contributed by atoms with Crippen LogP contribution in [0.1, 0.15) is 35.9 Å². The van der Waals surface area contributed by atoms with Crippen LogP contribution < -0.4 is 11.1 Å². The minimum atomic E-state index is -0.128. The predicted molar refractivity (Wildman–Crippen MR) is 67.0 cm³/mol. The summed E-state index contributed by atoms with van der Waals surface area (Å²) in [5.41, 5.74) is 5.57. The van der Waals surface area contributed by atoms with Crippen LogP contribution in [0.25, 0.3) is 0 Å². The third-order valence-corrected chi connectivity index (χ3v) is 2.77. The summed E-state index contributed by atoms with van der Waals surface area (Å²) in [6.45, 7) is 2.58. The zero-order valence-corrected chi connectivity index (χ0v) is 10.8. The molecule has 0 bridgehead atoms. The molecule has 1 unspecified atom stereocenters. The molecule has 0 saturated carbocycles. The Morgan fingerprint density at radius 1 is 1.69 bits per heavy atom. The first-order chi connectivity index (χ1) is 7.27. The number of nitrogens with one attached hydrogen (secondary N) is 1. The maximum absolute atomic E-state index is 11.6. The zero-order chi connectivity index (χ0) is 11.1. The fraction of sp³-hybridized carbons (Fsp3) is 0.667. The number of hydrogen-bond donors (Lipinski definition) is 2. The molecule has 1 aromatic rings. The molecule has 5 nitrogen and oxygen atoms in total. The van der Waals surface area contributed by atoms with Crippen LogP contribution in [-0.4, -0.2) is 28.1 Å². The number of nitrogens with zero attached hydrogens (tertiary/aromatic N) is 2. The lowest BCUT2D eigenvalue weighted by atomic mass is 10.1. The normalized spacial score (nSPS) is 11.6. The highest BCUT2D eigenvalue weighted by Crippen LogP contribution is 2.04. The van der Waals surface area contributed by atoms with Crippen LogP contribution in [0.3, 0.4) is 0 Å². The second-order valence-electron chi connectivity index (χ2n) is 3.33. The molecule has 7 heteroatoms. The Balaban J connectivity index is 0.00000225. The van der Waals surface area contributed by atoms with Gasteiger partial charge in [0.2, 0.25) is 0 Å². The molecule has 3 N–H and O–H groups in total. The van der Waals surface area contributed by atoms with E-state index in [0.717, 1.165) is 30.8 Å². The van der Waals surface area contributed by atoms with E-state index in [0.29, 0.717) is 11.4 Å². The van der Waals surface area contributed by atoms with Crippen molar-refractivity contribution in [2.75, 3.05) is 6.54 Å². The molecule has 1 amide bonds. The Morgan fingerprint density at radius 2 is 2.44 bits per heavy atom. The first kappa shape index (κ1) is 15.3. The zero-order valence-electron chi connectivity index (χ0n) is 9.18. The summed E-state index contributed by atoms with van der Waals surface area (Å²) in [5.74, 6) is -0.128. The topological polar surface area (TPSA) is 80.9 Å². The van der Waals surface area contributed by atoms with E-state index >= 15 is 0 Å². The van der Waals surface area contributed by atoms with Gasteiger partial charge in [-0.25, -0.2) is 0 Å². The molecule has 0 aliphatic carbocycles. The van der Waals surface area contributed by atoms with Crippen molar-refractivity contribution < 1.29 is 4.79 Å². The molecule has 1 atom stereocenters. The lowest BCUT2D eigenvalue weighted by Crippen LogP contribution is -2.39. The molecule has 0 spiro atoms. The highest BCUT2D eigenvalue weighted by molar-refractivity contribution is 7.07. The van der Waals surface area contributed by atoms with E-state index in [4.69, 9.17) is 5.73 Å². The van der Waals surface area contributed by atoms with Gasteiger partial charge >= 0.3 is 0 Å². The average Bonchev–Trinajstić information content (AvgIpc) is 2.77. The number of rotatable bonds is 6. The van der Waals surface area contributed by atoms with Gasteiger partial charge in [0.05, 0.1) is 6.20 Å². The van der Waals surface area contributed by atoms with Gasteiger partial charge in [0, 0.05) is 12.6 Å². The molecule has 0 saturated heterocycles. The van der Waals surface area contributed by atoms with Gasteiger partial charge in [-0.05, 0) is 18.0 Å². The molecule has 1 aromatic heterocycles. The van der Waals surface area contributed by atoms with Crippen LogP contribution in [-0.2, 0) is 0 Å². The largest absolute Gasteiger partial charge is 0.347 e. The van der Waals surface area contributed by atoms with Crippen LogP contribution in [0.4, 0.5) is 0 Å². The Kier molecular flexibility index (Phi) is 8.05. The third kappa shape index (κ3) is 4.87. The standard InChI is InChI=1S/C9H16N4OS.ClH/c1-2-3-4-7(5-10)12-9(14)8-6-11-13-15-8;/h6-7H,2-5,10H2,1H3,(H,12,14);1H. The molecule has 0 aromatic carbocycles. The summed E-state index contributed by atoms with van der Waals surface area (Å²) in [7, 11) is 0. The maximum Gasteiger partial charge on any atom is 0.264 e. The summed E-state index contributed by atoms with van der Waals surface area (Å²) in [5, 5.41) is 6.49. The van der Waals surface area contributed by atoms with Crippen LogP contribution in [0.5, 0.6) is 0 Å². The van der Waals surface area contributed by atoms with E-state index in [1.54, 1.807) is 0 Å². The lowest BCUT2D eigenvalue weighted by molar-refractivity contribution is 0.0939. The Morgan fingerprint density at radius 3 is 2.94 bits per heavy atom. The molecular formula is C9H17ClN4OS. The number of nitrogens with two attached hydrogens (primary N) is 1. The van der Waals surface area contributed by atoms with Crippen molar-refractivity contribution in [3.05, 3.63) is 11.1 Å². The van der Waals surface area contributed by atoms with Crippen molar-refractivity contribution in [3.8, 4) is 0 Å². The predicted octanol–water partition coefficient (Wildman–Crippen LogP) is 1.21. The fourth-order valence-electron chi connectivity index (χ4n) is 1.22. The molecule has 1 heterocycles. The summed E-state index contributed by atoms with van der Waals surface area (Å²) in [6.07, 6.45) is 4.57. The number of carbonyl (C=O) groups is 1. The summed E-state index contributed by atoms with van der Waals surface area (Å²) in [4.78, 5) is 12.1. The van der Waals surface area contributed by atoms with Crippen LogP contribution in [0, 0.1) is 0 Å². The highest BCUT2D eigenvalue weighted by Gasteiger charge is 2.13. The van der Waals surface area contributed by atoms with Crippen LogP contribution in [0.2, 0.25) is 0 Å². The number of unbranched alkanes of at least 4 members (excludes halogenated alkanes) is 1. The summed E-state index contributed by atoms with van der Waals surface area (Å²) in [6, 6.07) is 0.0551. The lowest BCUT2D eigenvalue weighted by Gasteiger charge is -2.15.